The molecule has 0 spiro atoms. The van der Waals surface area contributed by atoms with Gasteiger partial charge in [0.2, 0.25) is 0 Å². The van der Waals surface area contributed by atoms with E-state index in [9.17, 15) is 9.59 Å². The third-order valence-electron chi connectivity index (χ3n) is 2.94. The molecule has 106 valence electrons. The minimum Gasteiger partial charge on any atom is -0.480 e. The van der Waals surface area contributed by atoms with E-state index in [2.05, 4.69) is 9.59 Å². The van der Waals surface area contributed by atoms with Crippen molar-refractivity contribution in [1.82, 2.24) is 14.5 Å². The van der Waals surface area contributed by atoms with Crippen LogP contribution in [0.5, 0.6) is 0 Å². The van der Waals surface area contributed by atoms with Crippen LogP contribution in [-0.4, -0.2) is 44.1 Å². The van der Waals surface area contributed by atoms with Gasteiger partial charge >= 0.3 is 5.97 Å². The van der Waals surface area contributed by atoms with Gasteiger partial charge < -0.3 is 10.0 Å². The second-order valence-corrected chi connectivity index (χ2v) is 5.48. The zero-order chi connectivity index (χ0) is 14.6. The monoisotopic (exact) mass is 285 g/mol. The van der Waals surface area contributed by atoms with Crippen LogP contribution in [0.15, 0.2) is 0 Å². The highest BCUT2D eigenvalue weighted by Gasteiger charge is 2.27. The summed E-state index contributed by atoms with van der Waals surface area (Å²) in [6.45, 7) is 7.31. The number of hydrogen-bond acceptors (Lipinski definition) is 5. The lowest BCUT2D eigenvalue weighted by Crippen LogP contribution is -2.41. The van der Waals surface area contributed by atoms with Gasteiger partial charge in [0.25, 0.3) is 5.91 Å². The van der Waals surface area contributed by atoms with E-state index in [0.29, 0.717) is 17.0 Å². The molecule has 7 heteroatoms. The topological polar surface area (TPSA) is 83.4 Å². The van der Waals surface area contributed by atoms with Gasteiger partial charge in [0.1, 0.15) is 11.4 Å². The lowest BCUT2D eigenvalue weighted by atomic mass is 10.1. The van der Waals surface area contributed by atoms with Crippen LogP contribution in [0.4, 0.5) is 0 Å². The predicted molar refractivity (Wildman–Crippen MR) is 72.4 cm³/mol. The lowest BCUT2D eigenvalue weighted by Gasteiger charge is -2.26. The molecule has 0 radical (unpaired) electrons. The Morgan fingerprint density at radius 2 is 2.00 bits per heavy atom. The Hall–Kier alpha value is -1.50. The number of aromatic nitrogens is 2. The number of aliphatic carboxylic acids is 1. The average molecular weight is 285 g/mol. The van der Waals surface area contributed by atoms with E-state index in [0.717, 1.165) is 11.5 Å². The molecule has 1 unspecified atom stereocenters. The number of hydrogen-bond donors (Lipinski definition) is 1. The minimum absolute atomic E-state index is 0.0845. The normalized spacial score (nSPS) is 12.5. The minimum atomic E-state index is -1.02. The van der Waals surface area contributed by atoms with Gasteiger partial charge in [-0.15, -0.1) is 5.10 Å². The van der Waals surface area contributed by atoms with Gasteiger partial charge in [-0.1, -0.05) is 25.3 Å². The summed E-state index contributed by atoms with van der Waals surface area (Å²) in [6, 6.07) is -0.134. The fourth-order valence-electron chi connectivity index (χ4n) is 1.65. The SMILES string of the molecule is CCC(C)N(CC(=O)O)C(=O)c1snnc1C(C)C. The van der Waals surface area contributed by atoms with Gasteiger partial charge in [-0.05, 0) is 30.8 Å². The number of nitrogens with zero attached hydrogens (tertiary/aromatic N) is 3. The first-order valence-electron chi connectivity index (χ1n) is 6.23. The van der Waals surface area contributed by atoms with Crippen LogP contribution >= 0.6 is 11.5 Å². The Morgan fingerprint density at radius 3 is 2.47 bits per heavy atom. The summed E-state index contributed by atoms with van der Waals surface area (Å²) in [6.07, 6.45) is 0.697. The molecule has 0 fully saturated rings. The van der Waals surface area contributed by atoms with Gasteiger partial charge in [-0.25, -0.2) is 0 Å². The summed E-state index contributed by atoms with van der Waals surface area (Å²) in [5.74, 6) is -1.23. The van der Waals surface area contributed by atoms with Crippen molar-refractivity contribution >= 4 is 23.4 Å². The first-order chi connectivity index (χ1) is 8.88. The molecule has 0 aliphatic rings. The molecule has 1 amide bonds. The molecule has 1 atom stereocenters. The fourth-order valence-corrected chi connectivity index (χ4v) is 2.42. The molecule has 0 saturated heterocycles. The summed E-state index contributed by atoms with van der Waals surface area (Å²) >= 11 is 1.02. The molecule has 0 saturated carbocycles. The highest BCUT2D eigenvalue weighted by Crippen LogP contribution is 2.22. The molecule has 1 heterocycles. The molecular weight excluding hydrogens is 266 g/mol. The van der Waals surface area contributed by atoms with Crippen LogP contribution in [0.2, 0.25) is 0 Å². The Kier molecular flexibility index (Phi) is 5.41. The van der Waals surface area contributed by atoms with E-state index in [1.807, 2.05) is 27.7 Å². The zero-order valence-corrected chi connectivity index (χ0v) is 12.4. The van der Waals surface area contributed by atoms with E-state index in [-0.39, 0.29) is 24.4 Å². The summed E-state index contributed by atoms with van der Waals surface area (Å²) < 4.78 is 3.81. The van der Waals surface area contributed by atoms with Crippen molar-refractivity contribution in [1.29, 1.82) is 0 Å². The van der Waals surface area contributed by atoms with Crippen molar-refractivity contribution in [3.8, 4) is 0 Å². The number of carboxylic acids is 1. The summed E-state index contributed by atoms with van der Waals surface area (Å²) in [5, 5.41) is 12.9. The maximum atomic E-state index is 12.5. The maximum absolute atomic E-state index is 12.5. The van der Waals surface area contributed by atoms with E-state index in [1.54, 1.807) is 0 Å². The predicted octanol–water partition coefficient (Wildman–Crippen LogP) is 1.99. The summed E-state index contributed by atoms with van der Waals surface area (Å²) in [7, 11) is 0. The van der Waals surface area contributed by atoms with Crippen LogP contribution in [0.3, 0.4) is 0 Å². The molecule has 0 aromatic carbocycles. The number of rotatable bonds is 6. The Labute approximate surface area is 116 Å². The van der Waals surface area contributed by atoms with Crippen molar-refractivity contribution in [2.75, 3.05) is 6.54 Å². The van der Waals surface area contributed by atoms with Gasteiger partial charge in [-0.2, -0.15) is 0 Å². The lowest BCUT2D eigenvalue weighted by molar-refractivity contribution is -0.138. The van der Waals surface area contributed by atoms with E-state index < -0.39 is 5.97 Å². The molecule has 0 aliphatic heterocycles. The molecule has 1 aromatic rings. The first kappa shape index (κ1) is 15.6. The zero-order valence-electron chi connectivity index (χ0n) is 11.6. The van der Waals surface area contributed by atoms with Crippen LogP contribution in [0.25, 0.3) is 0 Å². The van der Waals surface area contributed by atoms with E-state index in [4.69, 9.17) is 5.11 Å². The number of amides is 1. The third-order valence-corrected chi connectivity index (χ3v) is 3.67. The van der Waals surface area contributed by atoms with Crippen LogP contribution in [0.1, 0.15) is 55.4 Å². The third kappa shape index (κ3) is 3.73. The molecule has 19 heavy (non-hydrogen) atoms. The van der Waals surface area contributed by atoms with Gasteiger partial charge in [-0.3, -0.25) is 9.59 Å². The molecule has 1 rings (SSSR count). The highest BCUT2D eigenvalue weighted by molar-refractivity contribution is 7.08. The van der Waals surface area contributed by atoms with Crippen LogP contribution < -0.4 is 0 Å². The number of carbonyl (C=O) groups is 2. The molecule has 0 bridgehead atoms. The van der Waals surface area contributed by atoms with Crippen molar-refractivity contribution in [3.05, 3.63) is 10.6 Å². The van der Waals surface area contributed by atoms with Gasteiger partial charge in [0.05, 0.1) is 5.69 Å². The maximum Gasteiger partial charge on any atom is 0.323 e. The molecule has 6 nitrogen and oxygen atoms in total. The molecule has 1 aromatic heterocycles. The Balaban J connectivity index is 3.05. The van der Waals surface area contributed by atoms with Crippen molar-refractivity contribution < 1.29 is 14.7 Å². The smallest absolute Gasteiger partial charge is 0.323 e. The van der Waals surface area contributed by atoms with Crippen molar-refractivity contribution in [3.63, 3.8) is 0 Å². The second kappa shape index (κ2) is 6.60. The number of carbonyl (C=O) groups excluding carboxylic acids is 1. The fraction of sp³-hybridized carbons (Fsp3) is 0.667. The summed E-state index contributed by atoms with van der Waals surface area (Å²) in [4.78, 5) is 25.2. The first-order valence-corrected chi connectivity index (χ1v) is 7.00. The largest absolute Gasteiger partial charge is 0.480 e. The molecule has 0 aliphatic carbocycles. The Bertz CT molecular complexity index is 459. The standard InChI is InChI=1S/C12H19N3O3S/c1-5-8(4)15(6-9(16)17)12(18)11-10(7(2)3)13-14-19-11/h7-8H,5-6H2,1-4H3,(H,16,17). The van der Waals surface area contributed by atoms with E-state index in [1.165, 1.54) is 4.90 Å². The van der Waals surface area contributed by atoms with Crippen LogP contribution in [-0.2, 0) is 4.79 Å². The van der Waals surface area contributed by atoms with E-state index >= 15 is 0 Å². The van der Waals surface area contributed by atoms with Crippen molar-refractivity contribution in [2.24, 2.45) is 0 Å². The van der Waals surface area contributed by atoms with Gasteiger partial charge in [0.15, 0.2) is 0 Å². The Morgan fingerprint density at radius 1 is 1.37 bits per heavy atom. The number of carboxylic acid groups (broad SMARTS) is 1. The quantitative estimate of drug-likeness (QED) is 0.864. The van der Waals surface area contributed by atoms with Gasteiger partial charge in [0, 0.05) is 6.04 Å². The summed E-state index contributed by atoms with van der Waals surface area (Å²) in [5.41, 5.74) is 0.633. The molecule has 1 N–H and O–H groups in total. The molecular formula is C12H19N3O3S. The van der Waals surface area contributed by atoms with Crippen LogP contribution in [0, 0.1) is 0 Å². The van der Waals surface area contributed by atoms with Crippen molar-refractivity contribution in [2.45, 2.75) is 46.1 Å². The highest BCUT2D eigenvalue weighted by atomic mass is 32.1. The second-order valence-electron chi connectivity index (χ2n) is 4.73. The average Bonchev–Trinajstić information content (AvgIpc) is 2.83.